The van der Waals surface area contributed by atoms with Gasteiger partial charge in [-0.1, -0.05) is 49.6 Å². The number of benzene rings is 2. The van der Waals surface area contributed by atoms with Gasteiger partial charge in [-0.15, -0.1) is 0 Å². The monoisotopic (exact) mass is 510 g/mol. The summed E-state index contributed by atoms with van der Waals surface area (Å²) in [6.07, 6.45) is 3.64. The summed E-state index contributed by atoms with van der Waals surface area (Å²) in [5.41, 5.74) is -0.136. The molecule has 2 unspecified atom stereocenters. The van der Waals surface area contributed by atoms with Gasteiger partial charge in [0.15, 0.2) is 0 Å². The van der Waals surface area contributed by atoms with E-state index in [2.05, 4.69) is 5.32 Å². The fourth-order valence-electron chi connectivity index (χ4n) is 5.14. The average molecular weight is 511 g/mol. The van der Waals surface area contributed by atoms with Crippen LogP contribution in [0, 0.1) is 11.3 Å². The minimum atomic E-state index is -1.63. The molecule has 0 spiro atoms. The van der Waals surface area contributed by atoms with Crippen LogP contribution >= 0.6 is 0 Å². The van der Waals surface area contributed by atoms with Crippen LogP contribution in [0.15, 0.2) is 48.5 Å². The van der Waals surface area contributed by atoms with Gasteiger partial charge in [0.05, 0.1) is 14.2 Å². The molecule has 2 N–H and O–H groups in total. The molecule has 3 amide bonds. The first-order chi connectivity index (χ1) is 17.7. The first-order valence-corrected chi connectivity index (χ1v) is 12.8. The molecule has 0 aliphatic heterocycles. The molecule has 1 aliphatic rings. The van der Waals surface area contributed by atoms with Crippen molar-refractivity contribution in [2.24, 2.45) is 11.3 Å². The van der Waals surface area contributed by atoms with E-state index in [9.17, 15) is 19.5 Å². The molecule has 0 saturated heterocycles. The lowest BCUT2D eigenvalue weighted by atomic mass is 9.79. The van der Waals surface area contributed by atoms with Crippen molar-refractivity contribution in [2.45, 2.75) is 65.0 Å². The van der Waals surface area contributed by atoms with E-state index in [-0.39, 0.29) is 18.9 Å². The van der Waals surface area contributed by atoms with Crippen molar-refractivity contribution < 1.29 is 29.0 Å². The lowest BCUT2D eigenvalue weighted by Crippen LogP contribution is -2.57. The summed E-state index contributed by atoms with van der Waals surface area (Å²) >= 11 is 0. The number of amides is 3. The van der Waals surface area contributed by atoms with Crippen molar-refractivity contribution in [3.63, 3.8) is 0 Å². The van der Waals surface area contributed by atoms with Crippen LogP contribution in [0.3, 0.4) is 0 Å². The maximum Gasteiger partial charge on any atom is 0.414 e. The van der Waals surface area contributed by atoms with E-state index in [0.29, 0.717) is 11.5 Å². The molecule has 3 rings (SSSR count). The zero-order valence-corrected chi connectivity index (χ0v) is 22.2. The van der Waals surface area contributed by atoms with E-state index in [4.69, 9.17) is 9.47 Å². The van der Waals surface area contributed by atoms with Crippen molar-refractivity contribution in [2.75, 3.05) is 14.2 Å². The zero-order chi connectivity index (χ0) is 27.0. The van der Waals surface area contributed by atoms with Crippen molar-refractivity contribution in [1.29, 1.82) is 0 Å². The molecule has 2 aromatic carbocycles. The topological polar surface area (TPSA) is 105 Å². The van der Waals surface area contributed by atoms with E-state index in [1.54, 1.807) is 39.3 Å². The van der Waals surface area contributed by atoms with Crippen LogP contribution in [-0.2, 0) is 22.6 Å². The number of carboxylic acid groups (broad SMARTS) is 1. The van der Waals surface area contributed by atoms with Crippen molar-refractivity contribution in [3.8, 4) is 11.5 Å². The van der Waals surface area contributed by atoms with Gasteiger partial charge in [0.1, 0.15) is 16.9 Å². The standard InChI is InChI=1S/C29H38N2O6/c1-20(23-13-9-6-10-14-23)31(28(34)35)27(33)29(2,18-21-11-7-5-8-12-21)26(32)30-19-22-15-24(36-3)17-25(16-22)37-4/h5,7-8,11-12,15-17,20,23H,6,9-10,13-14,18-19H2,1-4H3,(H,30,32)(H,34,35). The molecule has 0 radical (unpaired) electrons. The van der Waals surface area contributed by atoms with E-state index in [1.807, 2.05) is 30.3 Å². The van der Waals surface area contributed by atoms with Gasteiger partial charge in [-0.3, -0.25) is 9.59 Å². The molecule has 2 aromatic rings. The molecule has 8 heteroatoms. The number of rotatable bonds is 10. The summed E-state index contributed by atoms with van der Waals surface area (Å²) in [5.74, 6) is -0.00914. The number of hydrogen-bond donors (Lipinski definition) is 2. The number of carbonyl (C=O) groups is 3. The number of nitrogens with zero attached hydrogens (tertiary/aromatic N) is 1. The second-order valence-electron chi connectivity index (χ2n) is 9.99. The second-order valence-corrected chi connectivity index (χ2v) is 9.99. The van der Waals surface area contributed by atoms with Crippen LogP contribution in [0.1, 0.15) is 57.1 Å². The van der Waals surface area contributed by atoms with Crippen LogP contribution in [0.5, 0.6) is 11.5 Å². The number of nitrogens with one attached hydrogen (secondary N) is 1. The van der Waals surface area contributed by atoms with Crippen molar-refractivity contribution in [1.82, 2.24) is 10.2 Å². The molecule has 0 bridgehead atoms. The third-order valence-corrected chi connectivity index (χ3v) is 7.40. The highest BCUT2D eigenvalue weighted by Gasteiger charge is 2.48. The average Bonchev–Trinajstić information content (AvgIpc) is 2.92. The van der Waals surface area contributed by atoms with Crippen LogP contribution in [0.2, 0.25) is 0 Å². The van der Waals surface area contributed by atoms with E-state index in [1.165, 1.54) is 6.92 Å². The third kappa shape index (κ3) is 6.81. The minimum absolute atomic E-state index is 0.0705. The van der Waals surface area contributed by atoms with Gasteiger partial charge in [-0.05, 0) is 62.3 Å². The molecule has 0 aromatic heterocycles. The normalized spacial score (nSPS) is 16.2. The van der Waals surface area contributed by atoms with Crippen LogP contribution in [0.4, 0.5) is 4.79 Å². The SMILES string of the molecule is COc1cc(CNC(=O)C(C)(Cc2ccccc2)C(=O)N(C(=O)O)C(C)C2CCCCC2)cc(OC)c1. The first-order valence-electron chi connectivity index (χ1n) is 12.8. The van der Waals surface area contributed by atoms with E-state index < -0.39 is 29.4 Å². The van der Waals surface area contributed by atoms with Gasteiger partial charge in [-0.25, -0.2) is 9.69 Å². The predicted octanol–water partition coefficient (Wildman–Crippen LogP) is 5.04. The Morgan fingerprint density at radius 3 is 2.14 bits per heavy atom. The second kappa shape index (κ2) is 12.6. The smallest absolute Gasteiger partial charge is 0.414 e. The summed E-state index contributed by atoms with van der Waals surface area (Å²) in [6, 6.07) is 13.9. The fourth-order valence-corrected chi connectivity index (χ4v) is 5.14. The molecule has 1 fully saturated rings. The number of imide groups is 1. The molecule has 200 valence electrons. The maximum atomic E-state index is 14.0. The van der Waals surface area contributed by atoms with Crippen molar-refractivity contribution >= 4 is 17.9 Å². The molecule has 37 heavy (non-hydrogen) atoms. The highest BCUT2D eigenvalue weighted by Crippen LogP contribution is 2.33. The van der Waals surface area contributed by atoms with Crippen molar-refractivity contribution in [3.05, 3.63) is 59.7 Å². The molecule has 2 atom stereocenters. The quantitative estimate of drug-likeness (QED) is 0.434. The Labute approximate surface area is 219 Å². The Morgan fingerprint density at radius 2 is 1.59 bits per heavy atom. The summed E-state index contributed by atoms with van der Waals surface area (Å²) in [5, 5.41) is 13.0. The van der Waals surface area contributed by atoms with Gasteiger partial charge in [-0.2, -0.15) is 0 Å². The zero-order valence-electron chi connectivity index (χ0n) is 22.2. The highest BCUT2D eigenvalue weighted by molar-refractivity contribution is 6.09. The molecular formula is C29H38N2O6. The lowest BCUT2D eigenvalue weighted by molar-refractivity contribution is -0.150. The fraction of sp³-hybridized carbons (Fsp3) is 0.483. The minimum Gasteiger partial charge on any atom is -0.497 e. The third-order valence-electron chi connectivity index (χ3n) is 7.40. The maximum absolute atomic E-state index is 14.0. The number of methoxy groups -OCH3 is 2. The highest BCUT2D eigenvalue weighted by atomic mass is 16.5. The Kier molecular flexibility index (Phi) is 9.55. The van der Waals surface area contributed by atoms with Gasteiger partial charge in [0.25, 0.3) is 0 Å². The Bertz CT molecular complexity index is 1060. The summed E-state index contributed by atoms with van der Waals surface area (Å²) in [7, 11) is 3.08. The van der Waals surface area contributed by atoms with Gasteiger partial charge < -0.3 is 19.9 Å². The van der Waals surface area contributed by atoms with Crippen LogP contribution in [-0.4, -0.2) is 48.2 Å². The van der Waals surface area contributed by atoms with Gasteiger partial charge in [0, 0.05) is 18.7 Å². The van der Waals surface area contributed by atoms with Gasteiger partial charge >= 0.3 is 6.09 Å². The number of carbonyl (C=O) groups excluding carboxylic acids is 2. The summed E-state index contributed by atoms with van der Waals surface area (Å²) < 4.78 is 10.6. The molecule has 0 heterocycles. The molecule has 1 aliphatic carbocycles. The molecule has 1 saturated carbocycles. The Balaban J connectivity index is 1.90. The molecular weight excluding hydrogens is 472 g/mol. The van der Waals surface area contributed by atoms with Crippen LogP contribution in [0.25, 0.3) is 0 Å². The number of hydrogen-bond acceptors (Lipinski definition) is 5. The lowest BCUT2D eigenvalue weighted by Gasteiger charge is -2.38. The van der Waals surface area contributed by atoms with E-state index in [0.717, 1.165) is 48.1 Å². The summed E-state index contributed by atoms with van der Waals surface area (Å²) in [4.78, 5) is 41.0. The van der Waals surface area contributed by atoms with Crippen LogP contribution < -0.4 is 14.8 Å². The van der Waals surface area contributed by atoms with E-state index >= 15 is 0 Å². The predicted molar refractivity (Wildman–Crippen MR) is 141 cm³/mol. The first kappa shape index (κ1) is 28.0. The Hall–Kier alpha value is -3.55. The Morgan fingerprint density at radius 1 is 1.00 bits per heavy atom. The largest absolute Gasteiger partial charge is 0.497 e. The number of ether oxygens (including phenoxy) is 2. The van der Waals surface area contributed by atoms with Gasteiger partial charge in [0.2, 0.25) is 11.8 Å². The molecule has 8 nitrogen and oxygen atoms in total. The summed E-state index contributed by atoms with van der Waals surface area (Å²) in [6.45, 7) is 3.44.